The van der Waals surface area contributed by atoms with Crippen LogP contribution in [0.5, 0.6) is 0 Å². The molecule has 22 heavy (non-hydrogen) atoms. The number of hydrogen-bond acceptors (Lipinski definition) is 4. The van der Waals surface area contributed by atoms with Gasteiger partial charge in [-0.2, -0.15) is 10.5 Å². The Hall–Kier alpha value is -3.15. The first-order valence-corrected chi connectivity index (χ1v) is 6.49. The van der Waals surface area contributed by atoms with Crippen LogP contribution in [0.4, 0.5) is 5.69 Å². The first kappa shape index (κ1) is 15.2. The molecular weight excluding hydrogens is 302 g/mol. The number of halogens is 1. The lowest BCUT2D eigenvalue weighted by Gasteiger charge is -2.02. The first-order valence-electron chi connectivity index (χ1n) is 6.11. The van der Waals surface area contributed by atoms with Crippen molar-refractivity contribution in [2.75, 3.05) is 0 Å². The molecule has 0 spiro atoms. The van der Waals surface area contributed by atoms with Gasteiger partial charge in [0, 0.05) is 22.7 Å². The molecule has 2 aromatic rings. The van der Waals surface area contributed by atoms with Crippen molar-refractivity contribution in [1.29, 1.82) is 10.5 Å². The van der Waals surface area contributed by atoms with Gasteiger partial charge in [0.1, 0.15) is 0 Å². The number of non-ortho nitro benzene ring substituents is 1. The molecule has 0 unspecified atom stereocenters. The second kappa shape index (κ2) is 6.53. The molecule has 5 nitrogen and oxygen atoms in total. The van der Waals surface area contributed by atoms with Gasteiger partial charge in [0.15, 0.2) is 0 Å². The van der Waals surface area contributed by atoms with Crippen LogP contribution in [0.15, 0.2) is 42.5 Å². The monoisotopic (exact) mass is 309 g/mol. The molecule has 0 saturated heterocycles. The number of benzene rings is 2. The van der Waals surface area contributed by atoms with Gasteiger partial charge >= 0.3 is 0 Å². The molecule has 0 aliphatic carbocycles. The van der Waals surface area contributed by atoms with Crippen LogP contribution in [0, 0.1) is 32.8 Å². The maximum atomic E-state index is 10.8. The molecule has 0 saturated carbocycles. The topological polar surface area (TPSA) is 90.7 Å². The van der Waals surface area contributed by atoms with E-state index in [0.29, 0.717) is 21.7 Å². The Morgan fingerprint density at radius 2 is 2.00 bits per heavy atom. The third kappa shape index (κ3) is 3.29. The normalized spacial score (nSPS) is 10.6. The highest BCUT2D eigenvalue weighted by Gasteiger charge is 2.10. The van der Waals surface area contributed by atoms with Crippen molar-refractivity contribution in [2.45, 2.75) is 0 Å². The third-order valence-electron chi connectivity index (χ3n) is 2.91. The maximum Gasteiger partial charge on any atom is 0.270 e. The summed E-state index contributed by atoms with van der Waals surface area (Å²) < 4.78 is 0. The van der Waals surface area contributed by atoms with Crippen LogP contribution in [-0.2, 0) is 0 Å². The fraction of sp³-hybridized carbons (Fsp3) is 0. The second-order valence-corrected chi connectivity index (χ2v) is 4.73. The highest BCUT2D eigenvalue weighted by atomic mass is 35.5. The largest absolute Gasteiger partial charge is 0.270 e. The van der Waals surface area contributed by atoms with E-state index in [-0.39, 0.29) is 11.3 Å². The number of nitrogens with zero attached hydrogens (tertiary/aromatic N) is 3. The molecule has 2 rings (SSSR count). The summed E-state index contributed by atoms with van der Waals surface area (Å²) in [5.41, 5.74) is 1.49. The lowest BCUT2D eigenvalue weighted by Crippen LogP contribution is -1.89. The van der Waals surface area contributed by atoms with Crippen LogP contribution in [0.3, 0.4) is 0 Å². The number of hydrogen-bond donors (Lipinski definition) is 0. The smallest absolute Gasteiger partial charge is 0.258 e. The van der Waals surface area contributed by atoms with Crippen molar-refractivity contribution in [2.24, 2.45) is 0 Å². The summed E-state index contributed by atoms with van der Waals surface area (Å²) in [7, 11) is 0. The zero-order chi connectivity index (χ0) is 16.1. The minimum Gasteiger partial charge on any atom is -0.258 e. The molecule has 0 aromatic heterocycles. The highest BCUT2D eigenvalue weighted by Crippen LogP contribution is 2.26. The standard InChI is InChI=1S/C16H8ClN3O2/c17-16-5-4-15(20(21)22)8-13(16)7-14(10-19)12-3-1-2-11(6-12)9-18/h1-8H/b14-7-. The Kier molecular flexibility index (Phi) is 4.53. The van der Waals surface area contributed by atoms with Gasteiger partial charge in [-0.05, 0) is 29.8 Å². The number of nitriles is 2. The number of rotatable bonds is 3. The second-order valence-electron chi connectivity index (χ2n) is 4.33. The molecule has 106 valence electrons. The molecule has 0 atom stereocenters. The zero-order valence-electron chi connectivity index (χ0n) is 11.2. The fourth-order valence-electron chi connectivity index (χ4n) is 1.85. The Bertz CT molecular complexity index is 860. The quantitative estimate of drug-likeness (QED) is 0.368. The predicted octanol–water partition coefficient (Wildman–Crippen LogP) is 4.18. The number of nitro groups is 1. The Morgan fingerprint density at radius 3 is 2.64 bits per heavy atom. The van der Waals surface area contributed by atoms with Gasteiger partial charge in [-0.15, -0.1) is 0 Å². The van der Waals surface area contributed by atoms with Gasteiger partial charge in [0.2, 0.25) is 0 Å². The van der Waals surface area contributed by atoms with Crippen molar-refractivity contribution < 1.29 is 4.92 Å². The summed E-state index contributed by atoms with van der Waals surface area (Å²) in [6, 6.07) is 14.5. The first-order chi connectivity index (χ1) is 10.5. The molecule has 0 radical (unpaired) electrons. The molecular formula is C16H8ClN3O2. The SMILES string of the molecule is N#C/C(=C/c1cc([N+](=O)[O-])ccc1Cl)c1cccc(C#N)c1. The van der Waals surface area contributed by atoms with Crippen molar-refractivity contribution in [3.05, 3.63) is 74.3 Å². The molecule has 0 amide bonds. The molecule has 0 fully saturated rings. The third-order valence-corrected chi connectivity index (χ3v) is 3.26. The average molecular weight is 310 g/mol. The van der Waals surface area contributed by atoms with Crippen LogP contribution < -0.4 is 0 Å². The highest BCUT2D eigenvalue weighted by molar-refractivity contribution is 6.32. The van der Waals surface area contributed by atoms with Crippen molar-refractivity contribution >= 4 is 28.9 Å². The van der Waals surface area contributed by atoms with E-state index in [9.17, 15) is 15.4 Å². The van der Waals surface area contributed by atoms with E-state index < -0.39 is 4.92 Å². The summed E-state index contributed by atoms with van der Waals surface area (Å²) in [5.74, 6) is 0. The Balaban J connectivity index is 2.54. The number of nitro benzene ring substituents is 1. The van der Waals surface area contributed by atoms with E-state index in [1.807, 2.05) is 12.1 Å². The van der Waals surface area contributed by atoms with E-state index in [1.54, 1.807) is 24.3 Å². The summed E-state index contributed by atoms with van der Waals surface area (Å²) in [5, 5.41) is 29.3. The molecule has 0 aliphatic rings. The molecule has 0 aliphatic heterocycles. The summed E-state index contributed by atoms with van der Waals surface area (Å²) in [4.78, 5) is 10.3. The van der Waals surface area contributed by atoms with E-state index in [1.165, 1.54) is 24.3 Å². The van der Waals surface area contributed by atoms with E-state index in [0.717, 1.165) is 0 Å². The molecule has 0 bridgehead atoms. The molecule has 0 heterocycles. The van der Waals surface area contributed by atoms with Crippen molar-refractivity contribution in [1.82, 2.24) is 0 Å². The molecule has 2 aromatic carbocycles. The van der Waals surface area contributed by atoms with Crippen molar-refractivity contribution in [3.63, 3.8) is 0 Å². The van der Waals surface area contributed by atoms with Gasteiger partial charge in [-0.1, -0.05) is 23.7 Å². The van der Waals surface area contributed by atoms with Gasteiger partial charge in [0.05, 0.1) is 28.2 Å². The van der Waals surface area contributed by atoms with Crippen LogP contribution in [0.2, 0.25) is 5.02 Å². The molecule has 0 N–H and O–H groups in total. The van der Waals surface area contributed by atoms with Gasteiger partial charge < -0.3 is 0 Å². The van der Waals surface area contributed by atoms with Gasteiger partial charge in [0.25, 0.3) is 5.69 Å². The summed E-state index contributed by atoms with van der Waals surface area (Å²) in [6.45, 7) is 0. The fourth-order valence-corrected chi connectivity index (χ4v) is 2.02. The minimum absolute atomic E-state index is 0.112. The summed E-state index contributed by atoms with van der Waals surface area (Å²) >= 11 is 6.02. The van der Waals surface area contributed by atoms with Crippen molar-refractivity contribution in [3.8, 4) is 12.1 Å². The maximum absolute atomic E-state index is 10.8. The van der Waals surface area contributed by atoms with Gasteiger partial charge in [-0.25, -0.2) is 0 Å². The van der Waals surface area contributed by atoms with Crippen LogP contribution in [0.25, 0.3) is 11.6 Å². The van der Waals surface area contributed by atoms with Crippen LogP contribution in [-0.4, -0.2) is 4.92 Å². The van der Waals surface area contributed by atoms with E-state index >= 15 is 0 Å². The summed E-state index contributed by atoms with van der Waals surface area (Å²) in [6.07, 6.45) is 1.46. The zero-order valence-corrected chi connectivity index (χ0v) is 11.9. The predicted molar refractivity (Wildman–Crippen MR) is 82.7 cm³/mol. The number of allylic oxidation sites excluding steroid dienone is 1. The average Bonchev–Trinajstić information content (AvgIpc) is 2.53. The van der Waals surface area contributed by atoms with Gasteiger partial charge in [-0.3, -0.25) is 10.1 Å². The lowest BCUT2D eigenvalue weighted by molar-refractivity contribution is -0.384. The van der Waals surface area contributed by atoms with E-state index in [4.69, 9.17) is 16.9 Å². The lowest BCUT2D eigenvalue weighted by atomic mass is 10.0. The van der Waals surface area contributed by atoms with E-state index in [2.05, 4.69) is 0 Å². The minimum atomic E-state index is -0.532. The van der Waals surface area contributed by atoms with Crippen LogP contribution in [0.1, 0.15) is 16.7 Å². The van der Waals surface area contributed by atoms with Crippen LogP contribution >= 0.6 is 11.6 Å². The molecule has 6 heteroatoms. The Labute approximate surface area is 131 Å². The Morgan fingerprint density at radius 1 is 1.23 bits per heavy atom.